The molecule has 0 saturated heterocycles. The molecule has 0 spiro atoms. The zero-order valence-corrected chi connectivity index (χ0v) is 21.1. The van der Waals surface area contributed by atoms with Gasteiger partial charge in [0.15, 0.2) is 0 Å². The summed E-state index contributed by atoms with van der Waals surface area (Å²) >= 11 is 12.3. The third kappa shape index (κ3) is 5.30. The van der Waals surface area contributed by atoms with Gasteiger partial charge in [-0.15, -0.1) is 0 Å². The zero-order chi connectivity index (χ0) is 25.2. The fraction of sp³-hybridized carbons (Fsp3) is 0.179. The van der Waals surface area contributed by atoms with Crippen molar-refractivity contribution in [1.82, 2.24) is 14.5 Å². The highest BCUT2D eigenvalue weighted by Gasteiger charge is 2.35. The van der Waals surface area contributed by atoms with Crippen molar-refractivity contribution in [1.29, 1.82) is 0 Å². The van der Waals surface area contributed by atoms with Crippen LogP contribution in [0.15, 0.2) is 79.0 Å². The Bertz CT molecular complexity index is 1410. The van der Waals surface area contributed by atoms with Crippen molar-refractivity contribution >= 4 is 41.0 Å². The van der Waals surface area contributed by atoms with Crippen LogP contribution in [0.1, 0.15) is 28.8 Å². The number of benzene rings is 3. The van der Waals surface area contributed by atoms with Crippen LogP contribution < -0.4 is 5.32 Å². The second kappa shape index (κ2) is 10.2. The van der Waals surface area contributed by atoms with E-state index in [2.05, 4.69) is 5.32 Å². The van der Waals surface area contributed by atoms with Gasteiger partial charge < -0.3 is 4.90 Å². The molecule has 1 N–H and O–H groups in total. The average molecular weight is 519 g/mol. The number of amides is 2. The van der Waals surface area contributed by atoms with Crippen molar-refractivity contribution in [3.05, 3.63) is 100 Å². The van der Waals surface area contributed by atoms with Gasteiger partial charge in [0, 0.05) is 28.5 Å². The Hall–Kier alpha value is -3.61. The van der Waals surface area contributed by atoms with E-state index in [1.165, 1.54) is 0 Å². The number of nitrogens with one attached hydrogen (secondary N) is 1. The van der Waals surface area contributed by atoms with E-state index in [0.717, 1.165) is 29.7 Å². The van der Waals surface area contributed by atoms with Crippen LogP contribution in [0.3, 0.4) is 0 Å². The van der Waals surface area contributed by atoms with E-state index in [9.17, 15) is 9.59 Å². The Morgan fingerprint density at radius 1 is 1.00 bits per heavy atom. The first-order valence-corrected chi connectivity index (χ1v) is 12.4. The second-order valence-electron chi connectivity index (χ2n) is 8.85. The summed E-state index contributed by atoms with van der Waals surface area (Å²) in [6, 6.07) is 22.2. The summed E-state index contributed by atoms with van der Waals surface area (Å²) in [4.78, 5) is 32.7. The second-order valence-corrected chi connectivity index (χ2v) is 9.70. The topological polar surface area (TPSA) is 67.2 Å². The number of carbonyl (C=O) groups excluding carboxylic acids is 2. The molecule has 8 heteroatoms. The number of halogens is 2. The molecule has 1 aliphatic rings. The highest BCUT2D eigenvalue weighted by molar-refractivity contribution is 6.33. The molecular weight excluding hydrogens is 495 g/mol. The SMILES string of the molecule is Cc1ccc(-n2cc(-c3ccc(Cl)cc3)nc2NC(=O)CN(C(=O)c2ccccc2Cl)C2CC2)cc1. The molecule has 0 atom stereocenters. The Balaban J connectivity index is 1.42. The molecule has 0 aliphatic heterocycles. The minimum Gasteiger partial charge on any atom is -0.326 e. The number of imidazole rings is 1. The predicted molar refractivity (Wildman–Crippen MR) is 143 cm³/mol. The van der Waals surface area contributed by atoms with Crippen molar-refractivity contribution in [2.24, 2.45) is 0 Å². The number of nitrogens with zero attached hydrogens (tertiary/aromatic N) is 3. The van der Waals surface area contributed by atoms with E-state index >= 15 is 0 Å². The van der Waals surface area contributed by atoms with Crippen molar-refractivity contribution < 1.29 is 9.59 Å². The van der Waals surface area contributed by atoms with E-state index in [0.29, 0.717) is 27.3 Å². The van der Waals surface area contributed by atoms with Gasteiger partial charge in [0.05, 0.1) is 16.3 Å². The third-order valence-electron chi connectivity index (χ3n) is 6.08. The van der Waals surface area contributed by atoms with Crippen LogP contribution in [-0.2, 0) is 4.79 Å². The first-order valence-electron chi connectivity index (χ1n) is 11.7. The molecule has 6 nitrogen and oxygen atoms in total. The minimum atomic E-state index is -0.330. The van der Waals surface area contributed by atoms with Crippen molar-refractivity contribution in [2.75, 3.05) is 11.9 Å². The van der Waals surface area contributed by atoms with Gasteiger partial charge in [0.25, 0.3) is 5.91 Å². The van der Waals surface area contributed by atoms with Crippen LogP contribution in [-0.4, -0.2) is 38.9 Å². The number of hydrogen-bond donors (Lipinski definition) is 1. The summed E-state index contributed by atoms with van der Waals surface area (Å²) in [5.41, 5.74) is 3.93. The lowest BCUT2D eigenvalue weighted by atomic mass is 10.2. The van der Waals surface area contributed by atoms with Crippen LogP contribution in [0.2, 0.25) is 10.0 Å². The molecule has 5 rings (SSSR count). The molecule has 2 amide bonds. The number of hydrogen-bond acceptors (Lipinski definition) is 3. The van der Waals surface area contributed by atoms with Crippen LogP contribution in [0.4, 0.5) is 5.95 Å². The van der Waals surface area contributed by atoms with Crippen molar-refractivity contribution in [3.8, 4) is 16.9 Å². The quantitative estimate of drug-likeness (QED) is 0.307. The number of rotatable bonds is 7. The van der Waals surface area contributed by atoms with E-state index in [1.54, 1.807) is 41.3 Å². The van der Waals surface area contributed by atoms with Crippen LogP contribution >= 0.6 is 23.2 Å². The molecule has 1 fully saturated rings. The normalized spacial score (nSPS) is 12.9. The summed E-state index contributed by atoms with van der Waals surface area (Å²) in [6.07, 6.45) is 3.60. The molecule has 36 heavy (non-hydrogen) atoms. The summed E-state index contributed by atoms with van der Waals surface area (Å²) in [5.74, 6) is -0.208. The van der Waals surface area contributed by atoms with E-state index in [4.69, 9.17) is 28.2 Å². The lowest BCUT2D eigenvalue weighted by Crippen LogP contribution is -2.40. The van der Waals surface area contributed by atoms with Gasteiger partial charge in [0.1, 0.15) is 6.54 Å². The third-order valence-corrected chi connectivity index (χ3v) is 6.66. The molecule has 182 valence electrons. The maximum atomic E-state index is 13.2. The molecule has 1 aromatic heterocycles. The van der Waals surface area contributed by atoms with E-state index in [1.807, 2.05) is 54.1 Å². The molecule has 3 aromatic carbocycles. The van der Waals surface area contributed by atoms with Gasteiger partial charge >= 0.3 is 0 Å². The van der Waals surface area contributed by atoms with Gasteiger partial charge in [-0.05, 0) is 56.2 Å². The Morgan fingerprint density at radius 2 is 1.69 bits per heavy atom. The van der Waals surface area contributed by atoms with E-state index < -0.39 is 0 Å². The molecule has 0 unspecified atom stereocenters. The van der Waals surface area contributed by atoms with Crippen LogP contribution in [0, 0.1) is 6.92 Å². The number of aromatic nitrogens is 2. The first kappa shape index (κ1) is 24.1. The summed E-state index contributed by atoms with van der Waals surface area (Å²) in [7, 11) is 0. The summed E-state index contributed by atoms with van der Waals surface area (Å²) in [6.45, 7) is 1.92. The van der Waals surface area contributed by atoms with Gasteiger partial charge in [0.2, 0.25) is 11.9 Å². The lowest BCUT2D eigenvalue weighted by Gasteiger charge is -2.22. The van der Waals surface area contributed by atoms with Gasteiger partial charge in [-0.1, -0.05) is 65.2 Å². The maximum Gasteiger partial charge on any atom is 0.256 e. The van der Waals surface area contributed by atoms with Gasteiger partial charge in [-0.25, -0.2) is 4.98 Å². The zero-order valence-electron chi connectivity index (χ0n) is 19.6. The van der Waals surface area contributed by atoms with E-state index in [-0.39, 0.29) is 24.4 Å². The lowest BCUT2D eigenvalue weighted by molar-refractivity contribution is -0.117. The molecule has 1 heterocycles. The number of aryl methyl sites for hydroxylation is 1. The molecule has 0 bridgehead atoms. The fourth-order valence-corrected chi connectivity index (χ4v) is 4.33. The predicted octanol–water partition coefficient (Wildman–Crippen LogP) is 6.40. The molecule has 1 saturated carbocycles. The Kier molecular flexibility index (Phi) is 6.81. The number of carbonyl (C=O) groups is 2. The summed E-state index contributed by atoms with van der Waals surface area (Å²) < 4.78 is 1.83. The van der Waals surface area contributed by atoms with Crippen LogP contribution in [0.5, 0.6) is 0 Å². The highest BCUT2D eigenvalue weighted by atomic mass is 35.5. The van der Waals surface area contributed by atoms with Gasteiger partial charge in [-0.2, -0.15) is 0 Å². The average Bonchev–Trinajstić information content (AvgIpc) is 3.63. The molecule has 4 aromatic rings. The number of anilines is 1. The largest absolute Gasteiger partial charge is 0.326 e. The Morgan fingerprint density at radius 3 is 2.36 bits per heavy atom. The van der Waals surface area contributed by atoms with Crippen molar-refractivity contribution in [3.63, 3.8) is 0 Å². The smallest absolute Gasteiger partial charge is 0.256 e. The Labute approximate surface area is 219 Å². The molecule has 1 aliphatic carbocycles. The van der Waals surface area contributed by atoms with Crippen molar-refractivity contribution in [2.45, 2.75) is 25.8 Å². The highest BCUT2D eigenvalue weighted by Crippen LogP contribution is 2.30. The first-order chi connectivity index (χ1) is 17.4. The molecular formula is C28H24Cl2N4O2. The monoisotopic (exact) mass is 518 g/mol. The van der Waals surface area contributed by atoms with Gasteiger partial charge in [-0.3, -0.25) is 19.5 Å². The van der Waals surface area contributed by atoms with Crippen LogP contribution in [0.25, 0.3) is 16.9 Å². The standard InChI is InChI=1S/C28H24Cl2N4O2/c1-18-6-12-22(13-7-18)34-16-25(19-8-10-20(29)11-9-19)31-28(34)32-26(35)17-33(21-14-15-21)27(36)23-4-2-3-5-24(23)30/h2-13,16,21H,14-15,17H2,1H3,(H,31,32,35). The fourth-order valence-electron chi connectivity index (χ4n) is 3.99. The summed E-state index contributed by atoms with van der Waals surface area (Å²) in [5, 5.41) is 3.92. The molecule has 0 radical (unpaired) electrons. The minimum absolute atomic E-state index is 0.0287. The maximum absolute atomic E-state index is 13.2.